The SMILES string of the molecule is CCN(CCC(O)c1ccc(OC)c(OC)c1)Cc1ccccc1. The standard InChI is InChI=1S/C20H27NO3/c1-4-21(15-16-8-6-5-7-9-16)13-12-18(22)17-10-11-19(23-2)20(14-17)24-3/h5-11,14,18,22H,4,12-13,15H2,1-3H3. The maximum absolute atomic E-state index is 10.5. The van der Waals surface area contributed by atoms with Crippen molar-refractivity contribution in [2.45, 2.75) is 26.0 Å². The van der Waals surface area contributed by atoms with Crippen molar-refractivity contribution in [3.05, 3.63) is 59.7 Å². The predicted octanol–water partition coefficient (Wildman–Crippen LogP) is 3.65. The highest BCUT2D eigenvalue weighted by Gasteiger charge is 2.13. The molecule has 1 N–H and O–H groups in total. The van der Waals surface area contributed by atoms with Gasteiger partial charge in [-0.3, -0.25) is 4.90 Å². The molecule has 0 heterocycles. The van der Waals surface area contributed by atoms with Crippen LogP contribution in [0.2, 0.25) is 0 Å². The third-order valence-electron chi connectivity index (χ3n) is 4.21. The Bertz CT molecular complexity index is 616. The van der Waals surface area contributed by atoms with Gasteiger partial charge in [0.05, 0.1) is 20.3 Å². The molecule has 0 amide bonds. The Kier molecular flexibility index (Phi) is 7.09. The van der Waals surface area contributed by atoms with Crippen LogP contribution in [0.5, 0.6) is 11.5 Å². The quantitative estimate of drug-likeness (QED) is 0.762. The highest BCUT2D eigenvalue weighted by Crippen LogP contribution is 2.30. The molecule has 1 atom stereocenters. The lowest BCUT2D eigenvalue weighted by Gasteiger charge is -2.22. The summed E-state index contributed by atoms with van der Waals surface area (Å²) >= 11 is 0. The molecule has 0 radical (unpaired) electrons. The normalized spacial score (nSPS) is 12.2. The van der Waals surface area contributed by atoms with Crippen molar-refractivity contribution in [1.82, 2.24) is 4.90 Å². The summed E-state index contributed by atoms with van der Waals surface area (Å²) in [5.74, 6) is 1.32. The van der Waals surface area contributed by atoms with Crippen molar-refractivity contribution in [2.75, 3.05) is 27.3 Å². The summed E-state index contributed by atoms with van der Waals surface area (Å²) in [7, 11) is 3.21. The van der Waals surface area contributed by atoms with Gasteiger partial charge in [0.25, 0.3) is 0 Å². The van der Waals surface area contributed by atoms with Gasteiger partial charge in [0.2, 0.25) is 0 Å². The fourth-order valence-corrected chi connectivity index (χ4v) is 2.72. The fourth-order valence-electron chi connectivity index (χ4n) is 2.72. The van der Waals surface area contributed by atoms with E-state index in [0.717, 1.165) is 25.2 Å². The average molecular weight is 329 g/mol. The first kappa shape index (κ1) is 18.3. The van der Waals surface area contributed by atoms with Crippen LogP contribution in [0.3, 0.4) is 0 Å². The van der Waals surface area contributed by atoms with Gasteiger partial charge >= 0.3 is 0 Å². The number of aliphatic hydroxyl groups is 1. The lowest BCUT2D eigenvalue weighted by Crippen LogP contribution is -2.25. The van der Waals surface area contributed by atoms with E-state index in [4.69, 9.17) is 9.47 Å². The van der Waals surface area contributed by atoms with Crippen LogP contribution in [0.4, 0.5) is 0 Å². The molecule has 0 aromatic heterocycles. The number of hydrogen-bond donors (Lipinski definition) is 1. The van der Waals surface area contributed by atoms with E-state index in [1.165, 1.54) is 5.56 Å². The lowest BCUT2D eigenvalue weighted by atomic mass is 10.1. The first-order valence-corrected chi connectivity index (χ1v) is 8.34. The Balaban J connectivity index is 1.94. The van der Waals surface area contributed by atoms with E-state index in [0.29, 0.717) is 17.9 Å². The Morgan fingerprint density at radius 3 is 2.33 bits per heavy atom. The Morgan fingerprint density at radius 2 is 1.71 bits per heavy atom. The van der Waals surface area contributed by atoms with Gasteiger partial charge in [-0.2, -0.15) is 0 Å². The molecule has 2 aromatic carbocycles. The van der Waals surface area contributed by atoms with Crippen molar-refractivity contribution in [2.24, 2.45) is 0 Å². The molecule has 1 unspecified atom stereocenters. The van der Waals surface area contributed by atoms with E-state index in [2.05, 4.69) is 36.1 Å². The molecule has 4 nitrogen and oxygen atoms in total. The van der Waals surface area contributed by atoms with Gasteiger partial charge in [-0.25, -0.2) is 0 Å². The molecule has 130 valence electrons. The molecule has 0 aliphatic carbocycles. The molecule has 2 rings (SSSR count). The number of benzene rings is 2. The second kappa shape index (κ2) is 9.30. The molecule has 0 bridgehead atoms. The van der Waals surface area contributed by atoms with Gasteiger partial charge in [-0.1, -0.05) is 43.3 Å². The van der Waals surface area contributed by atoms with Gasteiger partial charge in [0.15, 0.2) is 11.5 Å². The third kappa shape index (κ3) is 4.98. The number of hydrogen-bond acceptors (Lipinski definition) is 4. The van der Waals surface area contributed by atoms with Gasteiger partial charge < -0.3 is 14.6 Å². The minimum Gasteiger partial charge on any atom is -0.493 e. The van der Waals surface area contributed by atoms with Crippen molar-refractivity contribution < 1.29 is 14.6 Å². The third-order valence-corrected chi connectivity index (χ3v) is 4.21. The molecular formula is C20H27NO3. The van der Waals surface area contributed by atoms with Crippen molar-refractivity contribution in [3.63, 3.8) is 0 Å². The Hall–Kier alpha value is -2.04. The van der Waals surface area contributed by atoms with Gasteiger partial charge in [0, 0.05) is 13.1 Å². The second-order valence-corrected chi connectivity index (χ2v) is 5.77. The first-order valence-electron chi connectivity index (χ1n) is 8.34. The topological polar surface area (TPSA) is 41.9 Å². The van der Waals surface area contributed by atoms with E-state index in [-0.39, 0.29) is 0 Å². The first-order chi connectivity index (χ1) is 11.7. The van der Waals surface area contributed by atoms with Gasteiger partial charge in [-0.05, 0) is 36.2 Å². The minimum absolute atomic E-state index is 0.519. The van der Waals surface area contributed by atoms with Crippen molar-refractivity contribution >= 4 is 0 Å². The van der Waals surface area contributed by atoms with Crippen LogP contribution in [0.25, 0.3) is 0 Å². The zero-order valence-corrected chi connectivity index (χ0v) is 14.7. The molecule has 0 aliphatic heterocycles. The molecule has 0 fully saturated rings. The number of rotatable bonds is 9. The monoisotopic (exact) mass is 329 g/mol. The zero-order chi connectivity index (χ0) is 17.4. The van der Waals surface area contributed by atoms with Crippen molar-refractivity contribution in [1.29, 1.82) is 0 Å². The van der Waals surface area contributed by atoms with E-state index in [9.17, 15) is 5.11 Å². The van der Waals surface area contributed by atoms with E-state index in [1.807, 2.05) is 24.3 Å². The second-order valence-electron chi connectivity index (χ2n) is 5.77. The lowest BCUT2D eigenvalue weighted by molar-refractivity contribution is 0.141. The minimum atomic E-state index is -0.519. The summed E-state index contributed by atoms with van der Waals surface area (Å²) in [6, 6.07) is 16.0. The number of aliphatic hydroxyl groups excluding tert-OH is 1. The summed E-state index contributed by atoms with van der Waals surface area (Å²) in [5.41, 5.74) is 2.14. The molecule has 2 aromatic rings. The van der Waals surface area contributed by atoms with E-state index in [1.54, 1.807) is 14.2 Å². The zero-order valence-electron chi connectivity index (χ0n) is 14.7. The highest BCUT2D eigenvalue weighted by atomic mass is 16.5. The van der Waals surface area contributed by atoms with Crippen LogP contribution >= 0.6 is 0 Å². The molecule has 24 heavy (non-hydrogen) atoms. The van der Waals surface area contributed by atoms with Gasteiger partial charge in [-0.15, -0.1) is 0 Å². The number of ether oxygens (including phenoxy) is 2. The van der Waals surface area contributed by atoms with Crippen LogP contribution in [0.1, 0.15) is 30.6 Å². The fraction of sp³-hybridized carbons (Fsp3) is 0.400. The largest absolute Gasteiger partial charge is 0.493 e. The van der Waals surface area contributed by atoms with Crippen LogP contribution in [-0.2, 0) is 6.54 Å². The molecular weight excluding hydrogens is 302 g/mol. The summed E-state index contributed by atoms with van der Waals surface area (Å²) in [5, 5.41) is 10.5. The van der Waals surface area contributed by atoms with Crippen molar-refractivity contribution in [3.8, 4) is 11.5 Å². The number of nitrogens with zero attached hydrogens (tertiary/aromatic N) is 1. The smallest absolute Gasteiger partial charge is 0.161 e. The highest BCUT2D eigenvalue weighted by molar-refractivity contribution is 5.43. The summed E-state index contributed by atoms with van der Waals surface area (Å²) in [6.45, 7) is 4.83. The molecule has 0 aliphatic rings. The summed E-state index contributed by atoms with van der Waals surface area (Å²) in [4.78, 5) is 2.33. The summed E-state index contributed by atoms with van der Waals surface area (Å²) < 4.78 is 10.5. The molecule has 4 heteroatoms. The van der Waals surface area contributed by atoms with Gasteiger partial charge in [0.1, 0.15) is 0 Å². The van der Waals surface area contributed by atoms with E-state index < -0.39 is 6.10 Å². The van der Waals surface area contributed by atoms with Crippen LogP contribution in [0, 0.1) is 0 Å². The predicted molar refractivity (Wildman–Crippen MR) is 96.5 cm³/mol. The number of methoxy groups -OCH3 is 2. The summed E-state index contributed by atoms with van der Waals surface area (Å²) in [6.07, 6.45) is 0.158. The molecule has 0 saturated carbocycles. The maximum atomic E-state index is 10.5. The maximum Gasteiger partial charge on any atom is 0.161 e. The average Bonchev–Trinajstić information content (AvgIpc) is 2.64. The molecule has 0 saturated heterocycles. The molecule has 0 spiro atoms. The van der Waals surface area contributed by atoms with Crippen LogP contribution in [0.15, 0.2) is 48.5 Å². The van der Waals surface area contributed by atoms with Crippen LogP contribution in [-0.4, -0.2) is 37.3 Å². The Labute approximate surface area is 144 Å². The van der Waals surface area contributed by atoms with E-state index >= 15 is 0 Å². The van der Waals surface area contributed by atoms with Crippen LogP contribution < -0.4 is 9.47 Å². The Morgan fingerprint density at radius 1 is 1.00 bits per heavy atom.